The molecule has 5 N–H and O–H groups in total. The van der Waals surface area contributed by atoms with Crippen LogP contribution in [0.4, 0.5) is 0 Å². The maximum Gasteiger partial charge on any atom is 0.324 e. The van der Waals surface area contributed by atoms with E-state index < -0.39 is 81.5 Å². The molecule has 1 rings (SSSR count). The van der Waals surface area contributed by atoms with Crippen LogP contribution in [0.3, 0.4) is 0 Å². The fourth-order valence-corrected chi connectivity index (χ4v) is 3.72. The van der Waals surface area contributed by atoms with Crippen molar-refractivity contribution in [3.63, 3.8) is 0 Å². The van der Waals surface area contributed by atoms with Gasteiger partial charge in [-0.05, 0) is 0 Å². The minimum Gasteiger partial charge on any atom is -0.480 e. The minimum atomic E-state index is -5.38. The molecule has 0 aromatic heterocycles. The monoisotopic (exact) mass is 468 g/mol. The summed E-state index contributed by atoms with van der Waals surface area (Å²) in [5.74, 6) is -7.81. The first-order chi connectivity index (χ1) is 13.7. The van der Waals surface area contributed by atoms with Crippen molar-refractivity contribution in [2.75, 3.05) is 19.6 Å². The molecule has 1 fully saturated rings. The zero-order valence-corrected chi connectivity index (χ0v) is 16.8. The maximum absolute atomic E-state index is 12.1. The van der Waals surface area contributed by atoms with Gasteiger partial charge in [0.05, 0.1) is 19.5 Å². The van der Waals surface area contributed by atoms with E-state index in [2.05, 4.69) is 0 Å². The van der Waals surface area contributed by atoms with E-state index in [-0.39, 0.29) is 0 Å². The summed E-state index contributed by atoms with van der Waals surface area (Å²) in [5.41, 5.74) is 0. The molecule has 0 bridgehead atoms. The Bertz CT molecular complexity index is 900. The fourth-order valence-electron chi connectivity index (χ4n) is 2.16. The molecule has 17 heteroatoms. The van der Waals surface area contributed by atoms with E-state index in [1.165, 1.54) is 0 Å². The molecule has 1 aliphatic rings. The number of carbonyl (C=O) groups is 7. The van der Waals surface area contributed by atoms with E-state index in [9.17, 15) is 46.5 Å². The van der Waals surface area contributed by atoms with Crippen LogP contribution in [0.15, 0.2) is 0 Å². The van der Waals surface area contributed by atoms with Gasteiger partial charge in [0.25, 0.3) is 32.6 Å². The summed E-state index contributed by atoms with van der Waals surface area (Å²) in [7, 11) is -5.38. The van der Waals surface area contributed by atoms with Crippen LogP contribution in [0, 0.1) is 0 Å². The summed E-state index contributed by atoms with van der Waals surface area (Å²) in [4.78, 5) is 80.6. The largest absolute Gasteiger partial charge is 0.480 e. The van der Waals surface area contributed by atoms with Crippen LogP contribution >= 0.6 is 11.9 Å². The Morgan fingerprint density at radius 1 is 1.17 bits per heavy atom. The molecular weight excluding hydrogens is 452 g/mol. The summed E-state index contributed by atoms with van der Waals surface area (Å²) < 4.78 is 29.7. The molecule has 15 nitrogen and oxygen atoms in total. The second-order valence-electron chi connectivity index (χ2n) is 5.72. The lowest BCUT2D eigenvalue weighted by Crippen LogP contribution is -2.58. The van der Waals surface area contributed by atoms with Crippen LogP contribution in [0.25, 0.3) is 0 Å². The number of hydrogen-bond acceptors (Lipinski definition) is 10. The Balaban J connectivity index is 2.71. The number of nitrogens with one attached hydrogen (secondary N) is 3. The summed E-state index contributed by atoms with van der Waals surface area (Å²) in [6.07, 6.45) is -1.19. The van der Waals surface area contributed by atoms with Crippen molar-refractivity contribution in [1.82, 2.24) is 20.3 Å². The molecule has 30 heavy (non-hydrogen) atoms. The molecule has 0 saturated carbocycles. The summed E-state index contributed by atoms with van der Waals surface area (Å²) in [6.45, 7) is -1.49. The van der Waals surface area contributed by atoms with Crippen LogP contribution in [-0.2, 0) is 43.7 Å². The zero-order valence-electron chi connectivity index (χ0n) is 15.2. The second kappa shape index (κ2) is 9.63. The zero-order chi connectivity index (χ0) is 23.3. The number of rotatable bonds is 8. The number of amides is 5. The van der Waals surface area contributed by atoms with E-state index in [0.717, 1.165) is 6.92 Å². The molecule has 1 aliphatic heterocycles. The van der Waals surface area contributed by atoms with Crippen molar-refractivity contribution in [3.8, 4) is 0 Å². The summed E-state index contributed by atoms with van der Waals surface area (Å²) >= 11 is 0.298. The predicted molar refractivity (Wildman–Crippen MR) is 95.7 cm³/mol. The third-order valence-electron chi connectivity index (χ3n) is 3.48. The third-order valence-corrected chi connectivity index (χ3v) is 5.68. The first-order valence-electron chi connectivity index (χ1n) is 7.77. The van der Waals surface area contributed by atoms with Gasteiger partial charge in [-0.1, -0.05) is 0 Å². The molecule has 1 atom stereocenters. The first-order valence-corrected chi connectivity index (χ1v) is 9.99. The first kappa shape index (κ1) is 25.0. The predicted octanol–water partition coefficient (Wildman–Crippen LogP) is -4.00. The van der Waals surface area contributed by atoms with Gasteiger partial charge in [-0.2, -0.15) is 8.42 Å². The topological polar surface area (TPSA) is 233 Å². The maximum atomic E-state index is 12.1. The molecule has 1 heterocycles. The minimum absolute atomic E-state index is 0.298. The molecule has 0 aromatic carbocycles. The average molecular weight is 468 g/mol. The van der Waals surface area contributed by atoms with E-state index in [0.29, 0.717) is 16.3 Å². The van der Waals surface area contributed by atoms with Crippen molar-refractivity contribution in [2.45, 2.75) is 18.1 Å². The number of carbonyl (C=O) groups excluding carboxylic acids is 6. The Morgan fingerprint density at radius 3 is 2.20 bits per heavy atom. The lowest BCUT2D eigenvalue weighted by molar-refractivity contribution is -0.141. The number of imide groups is 1. The SMILES string of the molecule is CC(=O)SN(CC(=O)O)C(=O)CNC(=O)CNC(=O)[C@]1(S(=O)(=O)O)CC(=O)NC1=O. The Kier molecular flexibility index (Phi) is 8.02. The smallest absolute Gasteiger partial charge is 0.324 e. The number of carboxylic acids is 1. The second-order valence-corrected chi connectivity index (χ2v) is 8.57. The van der Waals surface area contributed by atoms with Crippen molar-refractivity contribution < 1.29 is 51.6 Å². The van der Waals surface area contributed by atoms with E-state index in [1.54, 1.807) is 10.6 Å². The quantitative estimate of drug-likeness (QED) is 0.0992. The van der Waals surface area contributed by atoms with Crippen LogP contribution in [0.5, 0.6) is 0 Å². The van der Waals surface area contributed by atoms with Gasteiger partial charge in [-0.25, -0.2) is 0 Å². The fraction of sp³-hybridized carbons (Fsp3) is 0.462. The normalized spacial score (nSPS) is 18.3. The Hall–Kier alpha value is -3.05. The number of carboxylic acid groups (broad SMARTS) is 1. The van der Waals surface area contributed by atoms with Gasteiger partial charge in [-0.15, -0.1) is 0 Å². The van der Waals surface area contributed by atoms with E-state index in [4.69, 9.17) is 5.11 Å². The number of hydrogen-bond donors (Lipinski definition) is 5. The highest BCUT2D eigenvalue weighted by molar-refractivity contribution is 8.12. The lowest BCUT2D eigenvalue weighted by atomic mass is 10.1. The molecule has 0 aliphatic carbocycles. The highest BCUT2D eigenvalue weighted by Gasteiger charge is 2.62. The lowest BCUT2D eigenvalue weighted by Gasteiger charge is -2.20. The molecule has 0 spiro atoms. The molecule has 0 radical (unpaired) electrons. The van der Waals surface area contributed by atoms with E-state index in [1.807, 2.05) is 5.32 Å². The average Bonchev–Trinajstić information content (AvgIpc) is 2.91. The highest BCUT2D eigenvalue weighted by Crippen LogP contribution is 2.26. The van der Waals surface area contributed by atoms with Crippen molar-refractivity contribution in [3.05, 3.63) is 0 Å². The molecule has 0 unspecified atom stereocenters. The van der Waals surface area contributed by atoms with E-state index >= 15 is 0 Å². The summed E-state index contributed by atoms with van der Waals surface area (Å²) in [5, 5.41) is 13.4. The number of aliphatic carboxylic acids is 1. The number of nitrogens with zero attached hydrogens (tertiary/aromatic N) is 1. The van der Waals surface area contributed by atoms with Gasteiger partial charge in [0.1, 0.15) is 6.54 Å². The van der Waals surface area contributed by atoms with Crippen molar-refractivity contribution in [2.24, 2.45) is 0 Å². The molecule has 1 saturated heterocycles. The molecule has 5 amide bonds. The van der Waals surface area contributed by atoms with Gasteiger partial charge in [0, 0.05) is 18.9 Å². The standard InChI is InChI=1S/C13H16N4O11S2/c1-6(18)29-17(5-10(22)23)9(21)4-14-8(20)3-15-11(24)13(30(26,27)28)2-7(19)16-12(13)25/h2-5H2,1H3,(H,14,20)(H,15,24)(H,22,23)(H,16,19,25)(H,26,27,28)/t13-/m1/s1. The van der Waals surface area contributed by atoms with Crippen LogP contribution in [-0.4, -0.2) is 87.4 Å². The molecule has 166 valence electrons. The molecule has 0 aromatic rings. The third kappa shape index (κ3) is 5.97. The van der Waals surface area contributed by atoms with Gasteiger partial charge < -0.3 is 15.7 Å². The van der Waals surface area contributed by atoms with Gasteiger partial charge in [-0.3, -0.25) is 47.7 Å². The Morgan fingerprint density at radius 2 is 1.77 bits per heavy atom. The van der Waals surface area contributed by atoms with Crippen molar-refractivity contribution in [1.29, 1.82) is 0 Å². The van der Waals surface area contributed by atoms with Crippen molar-refractivity contribution >= 4 is 62.7 Å². The van der Waals surface area contributed by atoms with Gasteiger partial charge in [0.2, 0.25) is 16.9 Å². The van der Waals surface area contributed by atoms with Gasteiger partial charge in [0.15, 0.2) is 0 Å². The highest BCUT2D eigenvalue weighted by atomic mass is 32.2. The van der Waals surface area contributed by atoms with Crippen LogP contribution in [0.1, 0.15) is 13.3 Å². The summed E-state index contributed by atoms with van der Waals surface area (Å²) in [6, 6.07) is 0. The Labute approximate surface area is 172 Å². The van der Waals surface area contributed by atoms with Crippen LogP contribution < -0.4 is 16.0 Å². The van der Waals surface area contributed by atoms with Gasteiger partial charge >= 0.3 is 5.97 Å². The molecular formula is C13H16N4O11S2. The van der Waals surface area contributed by atoms with Crippen LogP contribution in [0.2, 0.25) is 0 Å².